The maximum Gasteiger partial charge on any atom is 0.301 e. The van der Waals surface area contributed by atoms with Gasteiger partial charge in [0.2, 0.25) is 5.13 Å². The Labute approximate surface area is 233 Å². The Morgan fingerprint density at radius 1 is 1.00 bits per heavy atom. The predicted octanol–water partition coefficient (Wildman–Crippen LogP) is 5.86. The molecule has 0 spiro atoms. The third-order valence-corrected chi connectivity index (χ3v) is 8.23. The molecule has 10 heteroatoms. The molecule has 1 saturated heterocycles. The SMILES string of the molecule is CCOc1ccc(C2/C(=C(/O)c3ccccc3)C(=O)C(=O)N2c2nnc(SCc3ccccc3)s2)cc1OC. The van der Waals surface area contributed by atoms with Crippen LogP contribution in [0.3, 0.4) is 0 Å². The fourth-order valence-corrected chi connectivity index (χ4v) is 6.13. The van der Waals surface area contributed by atoms with Crippen LogP contribution in [0.4, 0.5) is 5.13 Å². The molecular formula is C29H25N3O5S2. The first-order chi connectivity index (χ1) is 19.0. The van der Waals surface area contributed by atoms with Crippen LogP contribution in [0.5, 0.6) is 11.5 Å². The van der Waals surface area contributed by atoms with Crippen LogP contribution in [0, 0.1) is 0 Å². The van der Waals surface area contributed by atoms with Crippen molar-refractivity contribution in [3.05, 3.63) is 101 Å². The molecule has 2 heterocycles. The molecule has 1 fully saturated rings. The number of amides is 1. The largest absolute Gasteiger partial charge is 0.507 e. The summed E-state index contributed by atoms with van der Waals surface area (Å²) < 4.78 is 11.8. The van der Waals surface area contributed by atoms with Crippen LogP contribution in [0.1, 0.15) is 29.7 Å². The number of aliphatic hydroxyl groups excluding tert-OH is 1. The van der Waals surface area contributed by atoms with Crippen LogP contribution in [0.2, 0.25) is 0 Å². The van der Waals surface area contributed by atoms with E-state index in [2.05, 4.69) is 10.2 Å². The smallest absolute Gasteiger partial charge is 0.301 e. The van der Waals surface area contributed by atoms with Crippen LogP contribution in [-0.4, -0.2) is 40.7 Å². The van der Waals surface area contributed by atoms with E-state index < -0.39 is 17.7 Å². The summed E-state index contributed by atoms with van der Waals surface area (Å²) in [5, 5.41) is 20.1. The number of hydrogen-bond donors (Lipinski definition) is 1. The molecule has 4 aromatic rings. The number of ether oxygens (including phenoxy) is 2. The van der Waals surface area contributed by atoms with Gasteiger partial charge in [0.1, 0.15) is 5.76 Å². The number of hydrogen-bond acceptors (Lipinski definition) is 9. The van der Waals surface area contributed by atoms with Crippen molar-refractivity contribution in [3.63, 3.8) is 0 Å². The number of thioether (sulfide) groups is 1. The minimum absolute atomic E-state index is 0.0360. The molecule has 1 N–H and O–H groups in total. The summed E-state index contributed by atoms with van der Waals surface area (Å²) in [4.78, 5) is 28.2. The first-order valence-electron chi connectivity index (χ1n) is 12.2. The van der Waals surface area contributed by atoms with Crippen LogP contribution < -0.4 is 14.4 Å². The highest BCUT2D eigenvalue weighted by Gasteiger charge is 2.48. The molecule has 8 nitrogen and oxygen atoms in total. The van der Waals surface area contributed by atoms with Crippen molar-refractivity contribution in [2.45, 2.75) is 23.1 Å². The van der Waals surface area contributed by atoms with Gasteiger partial charge in [-0.15, -0.1) is 10.2 Å². The summed E-state index contributed by atoms with van der Waals surface area (Å²) in [6.07, 6.45) is 0. The molecule has 5 rings (SSSR count). The summed E-state index contributed by atoms with van der Waals surface area (Å²) in [6, 6.07) is 22.9. The van der Waals surface area contributed by atoms with Crippen molar-refractivity contribution in [3.8, 4) is 11.5 Å². The van der Waals surface area contributed by atoms with Crippen molar-refractivity contribution in [1.29, 1.82) is 0 Å². The predicted molar refractivity (Wildman–Crippen MR) is 151 cm³/mol. The lowest BCUT2D eigenvalue weighted by Gasteiger charge is -2.23. The van der Waals surface area contributed by atoms with Gasteiger partial charge in [-0.25, -0.2) is 0 Å². The van der Waals surface area contributed by atoms with Crippen LogP contribution in [-0.2, 0) is 15.3 Å². The highest BCUT2D eigenvalue weighted by molar-refractivity contribution is 8.00. The maximum absolute atomic E-state index is 13.5. The Morgan fingerprint density at radius 2 is 1.72 bits per heavy atom. The average Bonchev–Trinajstić information content (AvgIpc) is 3.55. The zero-order valence-corrected chi connectivity index (χ0v) is 22.9. The molecule has 0 saturated carbocycles. The lowest BCUT2D eigenvalue weighted by atomic mass is 9.95. The van der Waals surface area contributed by atoms with Gasteiger partial charge in [-0.1, -0.05) is 89.8 Å². The molecule has 1 unspecified atom stereocenters. The van der Waals surface area contributed by atoms with Gasteiger partial charge in [0.15, 0.2) is 15.8 Å². The van der Waals surface area contributed by atoms with Gasteiger partial charge < -0.3 is 14.6 Å². The third kappa shape index (κ3) is 5.39. The number of Topliss-reactive ketones (excluding diaryl/α,β-unsaturated/α-hetero) is 1. The second kappa shape index (κ2) is 11.7. The highest BCUT2D eigenvalue weighted by Crippen LogP contribution is 2.45. The summed E-state index contributed by atoms with van der Waals surface area (Å²) in [5.41, 5.74) is 2.07. The average molecular weight is 560 g/mol. The second-order valence-electron chi connectivity index (χ2n) is 8.50. The number of ketones is 1. The Hall–Kier alpha value is -4.15. The molecule has 0 bridgehead atoms. The van der Waals surface area contributed by atoms with Gasteiger partial charge in [-0.2, -0.15) is 0 Å². The number of anilines is 1. The summed E-state index contributed by atoms with van der Waals surface area (Å²) in [6.45, 7) is 2.31. The number of carbonyl (C=O) groups is 2. The van der Waals surface area contributed by atoms with E-state index in [1.165, 1.54) is 35.1 Å². The fraction of sp³-hybridized carbons (Fsp3) is 0.172. The van der Waals surface area contributed by atoms with Crippen LogP contribution in [0.15, 0.2) is 88.8 Å². The van der Waals surface area contributed by atoms with E-state index in [9.17, 15) is 14.7 Å². The van der Waals surface area contributed by atoms with Crippen molar-refractivity contribution in [2.24, 2.45) is 0 Å². The van der Waals surface area contributed by atoms with Crippen molar-refractivity contribution < 1.29 is 24.2 Å². The number of rotatable bonds is 9. The Balaban J connectivity index is 1.58. The van der Waals surface area contributed by atoms with Crippen molar-refractivity contribution >= 4 is 45.7 Å². The molecule has 0 aliphatic carbocycles. The first-order valence-corrected chi connectivity index (χ1v) is 14.0. The number of methoxy groups -OCH3 is 1. The number of nitrogens with zero attached hydrogens (tertiary/aromatic N) is 3. The Kier molecular flexibility index (Phi) is 7.94. The van der Waals surface area contributed by atoms with Gasteiger partial charge in [0.25, 0.3) is 5.78 Å². The molecule has 1 aliphatic rings. The lowest BCUT2D eigenvalue weighted by molar-refractivity contribution is -0.132. The van der Waals surface area contributed by atoms with Gasteiger partial charge in [-0.3, -0.25) is 14.5 Å². The van der Waals surface area contributed by atoms with E-state index in [1.54, 1.807) is 48.5 Å². The standard InChI is InChI=1S/C29H25N3O5S2/c1-3-37-21-15-14-20(16-22(21)36-2)24-23(25(33)19-12-8-5-9-13-19)26(34)27(35)32(24)28-30-31-29(39-28)38-17-18-10-6-4-7-11-18/h4-16,24,33H,3,17H2,1-2H3/b25-23-. The molecule has 198 valence electrons. The molecule has 1 atom stereocenters. The fourth-order valence-electron chi connectivity index (χ4n) is 4.30. The van der Waals surface area contributed by atoms with Crippen molar-refractivity contribution in [1.82, 2.24) is 10.2 Å². The molecule has 1 aromatic heterocycles. The summed E-state index contributed by atoms with van der Waals surface area (Å²) >= 11 is 2.71. The first kappa shape index (κ1) is 26.5. The number of aromatic nitrogens is 2. The van der Waals surface area contributed by atoms with E-state index in [0.29, 0.717) is 39.3 Å². The van der Waals surface area contributed by atoms with Gasteiger partial charge in [-0.05, 0) is 30.2 Å². The highest BCUT2D eigenvalue weighted by atomic mass is 32.2. The quantitative estimate of drug-likeness (QED) is 0.0894. The zero-order valence-electron chi connectivity index (χ0n) is 21.2. The second-order valence-corrected chi connectivity index (χ2v) is 10.7. The molecule has 39 heavy (non-hydrogen) atoms. The summed E-state index contributed by atoms with van der Waals surface area (Å²) in [5.74, 6) is -0.210. The van der Waals surface area contributed by atoms with Crippen LogP contribution >= 0.6 is 23.1 Å². The van der Waals surface area contributed by atoms with Gasteiger partial charge >= 0.3 is 5.91 Å². The lowest BCUT2D eigenvalue weighted by Crippen LogP contribution is -2.29. The van der Waals surface area contributed by atoms with Crippen molar-refractivity contribution in [2.75, 3.05) is 18.6 Å². The Morgan fingerprint density at radius 3 is 2.41 bits per heavy atom. The molecule has 3 aromatic carbocycles. The van der Waals surface area contributed by atoms with Gasteiger partial charge in [0, 0.05) is 11.3 Å². The number of carbonyl (C=O) groups excluding carboxylic acids is 2. The van der Waals surface area contributed by atoms with E-state index >= 15 is 0 Å². The van der Waals surface area contributed by atoms with E-state index in [0.717, 1.165) is 5.56 Å². The normalized spacial score (nSPS) is 16.5. The molecule has 0 radical (unpaired) electrons. The van der Waals surface area contributed by atoms with Gasteiger partial charge in [0.05, 0.1) is 25.3 Å². The van der Waals surface area contributed by atoms with E-state index in [1.807, 2.05) is 37.3 Å². The third-order valence-electron chi connectivity index (χ3n) is 6.10. The van der Waals surface area contributed by atoms with E-state index in [-0.39, 0.29) is 16.5 Å². The maximum atomic E-state index is 13.5. The minimum Gasteiger partial charge on any atom is -0.507 e. The number of aliphatic hydroxyl groups is 1. The zero-order chi connectivity index (χ0) is 27.4. The molecule has 1 amide bonds. The van der Waals surface area contributed by atoms with Crippen LogP contribution in [0.25, 0.3) is 5.76 Å². The number of benzene rings is 3. The monoisotopic (exact) mass is 559 g/mol. The van der Waals surface area contributed by atoms with E-state index in [4.69, 9.17) is 9.47 Å². The molecule has 1 aliphatic heterocycles. The topological polar surface area (TPSA) is 102 Å². The molecular weight excluding hydrogens is 534 g/mol. The minimum atomic E-state index is -0.949. The summed E-state index contributed by atoms with van der Waals surface area (Å²) in [7, 11) is 1.52. The Bertz CT molecular complexity index is 1520.